The Morgan fingerprint density at radius 2 is 2.20 bits per heavy atom. The first-order valence-corrected chi connectivity index (χ1v) is 6.54. The Balaban J connectivity index is 2.61. The van der Waals surface area contributed by atoms with Crippen molar-refractivity contribution in [3.63, 3.8) is 0 Å². The minimum absolute atomic E-state index is 0.109. The second kappa shape index (κ2) is 8.28. The third-order valence-electron chi connectivity index (χ3n) is 2.38. The minimum Gasteiger partial charge on any atom is -0.392 e. The first-order valence-electron chi connectivity index (χ1n) is 6.54. The lowest BCUT2D eigenvalue weighted by Gasteiger charge is -2.22. The SMILES string of the molecule is CCNNC(=O)Oc1ccc(N(CC)CC(C)O)nn1. The van der Waals surface area contributed by atoms with E-state index in [0.717, 1.165) is 0 Å². The van der Waals surface area contributed by atoms with Crippen LogP contribution in [0.4, 0.5) is 10.6 Å². The molecule has 0 bridgehead atoms. The molecule has 0 aliphatic heterocycles. The maximum Gasteiger partial charge on any atom is 0.428 e. The van der Waals surface area contributed by atoms with Crippen LogP contribution in [0, 0.1) is 0 Å². The van der Waals surface area contributed by atoms with Crippen LogP contribution in [0.25, 0.3) is 0 Å². The normalized spacial score (nSPS) is 11.8. The van der Waals surface area contributed by atoms with Gasteiger partial charge >= 0.3 is 6.09 Å². The third-order valence-corrected chi connectivity index (χ3v) is 2.38. The molecule has 20 heavy (non-hydrogen) atoms. The summed E-state index contributed by atoms with van der Waals surface area (Å²) in [6.07, 6.45) is -1.11. The van der Waals surface area contributed by atoms with Gasteiger partial charge in [0.1, 0.15) is 0 Å². The van der Waals surface area contributed by atoms with Crippen LogP contribution in [-0.2, 0) is 0 Å². The number of carbonyl (C=O) groups excluding carboxylic acids is 1. The zero-order valence-electron chi connectivity index (χ0n) is 12.0. The van der Waals surface area contributed by atoms with Crippen LogP contribution >= 0.6 is 0 Å². The average molecular weight is 283 g/mol. The van der Waals surface area contributed by atoms with E-state index in [1.807, 2.05) is 18.7 Å². The second-order valence-electron chi connectivity index (χ2n) is 4.16. The van der Waals surface area contributed by atoms with Crippen LogP contribution < -0.4 is 20.5 Å². The summed E-state index contributed by atoms with van der Waals surface area (Å²) >= 11 is 0. The van der Waals surface area contributed by atoms with Crippen molar-refractivity contribution in [2.45, 2.75) is 26.9 Å². The number of aliphatic hydroxyl groups is 1. The maximum atomic E-state index is 11.3. The number of rotatable bonds is 7. The van der Waals surface area contributed by atoms with Gasteiger partial charge < -0.3 is 14.7 Å². The highest BCUT2D eigenvalue weighted by atomic mass is 16.6. The van der Waals surface area contributed by atoms with E-state index in [9.17, 15) is 9.90 Å². The molecule has 8 nitrogen and oxygen atoms in total. The van der Waals surface area contributed by atoms with E-state index < -0.39 is 12.2 Å². The van der Waals surface area contributed by atoms with Gasteiger partial charge in [-0.15, -0.1) is 10.2 Å². The van der Waals surface area contributed by atoms with Gasteiger partial charge in [0.05, 0.1) is 6.10 Å². The Bertz CT molecular complexity index is 410. The summed E-state index contributed by atoms with van der Waals surface area (Å²) in [6.45, 7) is 7.25. The highest BCUT2D eigenvalue weighted by Crippen LogP contribution is 2.13. The van der Waals surface area contributed by atoms with E-state index in [1.54, 1.807) is 19.1 Å². The summed E-state index contributed by atoms with van der Waals surface area (Å²) in [4.78, 5) is 13.2. The van der Waals surface area contributed by atoms with Crippen molar-refractivity contribution in [1.82, 2.24) is 21.0 Å². The Morgan fingerprint density at radius 1 is 1.45 bits per heavy atom. The number of ether oxygens (including phenoxy) is 1. The molecule has 0 aliphatic rings. The smallest absolute Gasteiger partial charge is 0.392 e. The van der Waals surface area contributed by atoms with Gasteiger partial charge in [0.25, 0.3) is 0 Å². The average Bonchev–Trinajstić information content (AvgIpc) is 2.43. The molecule has 1 aromatic rings. The molecule has 0 spiro atoms. The number of nitrogens with one attached hydrogen (secondary N) is 2. The third kappa shape index (κ3) is 5.37. The minimum atomic E-state index is -0.648. The molecule has 1 rings (SSSR count). The molecule has 1 heterocycles. The quantitative estimate of drug-likeness (QED) is 0.619. The number of nitrogens with zero attached hydrogens (tertiary/aromatic N) is 3. The highest BCUT2D eigenvalue weighted by molar-refractivity contribution is 5.69. The number of hydrazine groups is 1. The second-order valence-corrected chi connectivity index (χ2v) is 4.16. The number of aliphatic hydroxyl groups excluding tert-OH is 1. The maximum absolute atomic E-state index is 11.3. The van der Waals surface area contributed by atoms with Gasteiger partial charge in [0, 0.05) is 25.7 Å². The molecule has 1 atom stereocenters. The fourth-order valence-corrected chi connectivity index (χ4v) is 1.52. The number of amides is 1. The molecule has 0 aliphatic carbocycles. The molecule has 1 amide bonds. The number of anilines is 1. The molecule has 1 aromatic heterocycles. The van der Waals surface area contributed by atoms with Crippen molar-refractivity contribution < 1.29 is 14.6 Å². The molecule has 3 N–H and O–H groups in total. The van der Waals surface area contributed by atoms with E-state index in [2.05, 4.69) is 21.0 Å². The summed E-state index contributed by atoms with van der Waals surface area (Å²) in [6, 6.07) is 3.24. The Kier molecular flexibility index (Phi) is 6.68. The zero-order valence-corrected chi connectivity index (χ0v) is 12.0. The highest BCUT2D eigenvalue weighted by Gasteiger charge is 2.11. The molecule has 0 saturated heterocycles. The number of hydrogen-bond donors (Lipinski definition) is 3. The van der Waals surface area contributed by atoms with Crippen LogP contribution in [0.2, 0.25) is 0 Å². The standard InChI is InChI=1S/C12H21N5O3/c1-4-13-16-12(19)20-11-7-6-10(14-15-11)17(5-2)8-9(3)18/h6-7,9,13,18H,4-5,8H2,1-3H3,(H,16,19). The number of hydrogen-bond acceptors (Lipinski definition) is 7. The lowest BCUT2D eigenvalue weighted by atomic mass is 10.3. The predicted octanol–water partition coefficient (Wildman–Crippen LogP) is 0.297. The van der Waals surface area contributed by atoms with Crippen molar-refractivity contribution in [1.29, 1.82) is 0 Å². The molecular weight excluding hydrogens is 262 g/mol. The van der Waals surface area contributed by atoms with Crippen LogP contribution in [0.15, 0.2) is 12.1 Å². The summed E-state index contributed by atoms with van der Waals surface area (Å²) in [5.74, 6) is 0.727. The molecular formula is C12H21N5O3. The van der Waals surface area contributed by atoms with Gasteiger partial charge in [-0.2, -0.15) is 0 Å². The monoisotopic (exact) mass is 283 g/mol. The first kappa shape index (κ1) is 16.1. The van der Waals surface area contributed by atoms with Gasteiger partial charge in [0.15, 0.2) is 5.82 Å². The van der Waals surface area contributed by atoms with Crippen LogP contribution in [0.3, 0.4) is 0 Å². The molecule has 0 fully saturated rings. The van der Waals surface area contributed by atoms with E-state index in [4.69, 9.17) is 4.74 Å². The zero-order chi connectivity index (χ0) is 15.0. The molecule has 0 radical (unpaired) electrons. The summed E-state index contributed by atoms with van der Waals surface area (Å²) < 4.78 is 4.91. The van der Waals surface area contributed by atoms with Crippen molar-refractivity contribution in [3.8, 4) is 5.88 Å². The van der Waals surface area contributed by atoms with E-state index in [-0.39, 0.29) is 5.88 Å². The Hall–Kier alpha value is -1.93. The van der Waals surface area contributed by atoms with Crippen LogP contribution in [-0.4, -0.2) is 47.1 Å². The fraction of sp³-hybridized carbons (Fsp3) is 0.583. The van der Waals surface area contributed by atoms with Crippen molar-refractivity contribution in [2.75, 3.05) is 24.5 Å². The molecule has 0 saturated carbocycles. The Labute approximate surface area is 118 Å². The molecule has 112 valence electrons. The Morgan fingerprint density at radius 3 is 2.70 bits per heavy atom. The predicted molar refractivity (Wildman–Crippen MR) is 74.4 cm³/mol. The van der Waals surface area contributed by atoms with Gasteiger partial charge in [0.2, 0.25) is 5.88 Å². The van der Waals surface area contributed by atoms with Crippen LogP contribution in [0.1, 0.15) is 20.8 Å². The number of likely N-dealkylation sites (N-methyl/N-ethyl adjacent to an activating group) is 1. The van der Waals surface area contributed by atoms with Crippen molar-refractivity contribution in [2.24, 2.45) is 0 Å². The van der Waals surface area contributed by atoms with Crippen molar-refractivity contribution in [3.05, 3.63) is 12.1 Å². The van der Waals surface area contributed by atoms with E-state index >= 15 is 0 Å². The van der Waals surface area contributed by atoms with E-state index in [0.29, 0.717) is 25.5 Å². The van der Waals surface area contributed by atoms with Gasteiger partial charge in [-0.25, -0.2) is 10.2 Å². The number of aromatic nitrogens is 2. The summed E-state index contributed by atoms with van der Waals surface area (Å²) in [7, 11) is 0. The fourth-order valence-electron chi connectivity index (χ4n) is 1.52. The lowest BCUT2D eigenvalue weighted by molar-refractivity contribution is 0.193. The van der Waals surface area contributed by atoms with Gasteiger partial charge in [-0.05, 0) is 19.9 Å². The van der Waals surface area contributed by atoms with Gasteiger partial charge in [-0.3, -0.25) is 5.43 Å². The van der Waals surface area contributed by atoms with Crippen molar-refractivity contribution >= 4 is 11.9 Å². The van der Waals surface area contributed by atoms with Gasteiger partial charge in [-0.1, -0.05) is 6.92 Å². The number of carbonyl (C=O) groups is 1. The summed E-state index contributed by atoms with van der Waals surface area (Å²) in [5.41, 5.74) is 4.95. The molecule has 1 unspecified atom stereocenters. The molecule has 0 aromatic carbocycles. The van der Waals surface area contributed by atoms with Crippen LogP contribution in [0.5, 0.6) is 5.88 Å². The van der Waals surface area contributed by atoms with E-state index in [1.165, 1.54) is 0 Å². The topological polar surface area (TPSA) is 99.6 Å². The first-order chi connectivity index (χ1) is 9.56. The molecule has 8 heteroatoms. The largest absolute Gasteiger partial charge is 0.428 e. The summed E-state index contributed by atoms with van der Waals surface area (Å²) in [5, 5.41) is 17.2. The lowest BCUT2D eigenvalue weighted by Crippen LogP contribution is -2.39.